The number of amides is 1. The van der Waals surface area contributed by atoms with Crippen molar-refractivity contribution in [2.75, 3.05) is 13.1 Å². The summed E-state index contributed by atoms with van der Waals surface area (Å²) in [4.78, 5) is 24.6. The molecule has 1 N–H and O–H groups in total. The molecule has 1 aliphatic heterocycles. The van der Waals surface area contributed by atoms with Gasteiger partial charge in [0.15, 0.2) is 5.60 Å². The first-order chi connectivity index (χ1) is 10.6. The summed E-state index contributed by atoms with van der Waals surface area (Å²) in [5, 5.41) is 9.13. The van der Waals surface area contributed by atoms with Crippen LogP contribution in [0.4, 0.5) is 4.79 Å². The molecule has 0 unspecified atom stereocenters. The van der Waals surface area contributed by atoms with Gasteiger partial charge in [-0.1, -0.05) is 0 Å². The van der Waals surface area contributed by atoms with E-state index in [2.05, 4.69) is 22.6 Å². The van der Waals surface area contributed by atoms with Crippen LogP contribution in [-0.4, -0.2) is 46.4 Å². The highest BCUT2D eigenvalue weighted by atomic mass is 127. The minimum atomic E-state index is -0.959. The number of carboxylic acid groups (broad SMARTS) is 1. The van der Waals surface area contributed by atoms with Crippen molar-refractivity contribution in [3.8, 4) is 5.75 Å². The Morgan fingerprint density at radius 1 is 1.26 bits per heavy atom. The molecule has 1 heterocycles. The molecule has 0 aromatic heterocycles. The number of benzene rings is 1. The zero-order chi connectivity index (χ0) is 17.3. The first-order valence-electron chi connectivity index (χ1n) is 7.23. The van der Waals surface area contributed by atoms with Gasteiger partial charge in [0.25, 0.3) is 0 Å². The molecule has 1 fully saturated rings. The molecule has 0 saturated carbocycles. The SMILES string of the molecule is CC(C)(C)OC(=O)N1CC(CC(=O)O)(Oc2ccc(I)cc2)C1. The maximum Gasteiger partial charge on any atom is 0.410 e. The largest absolute Gasteiger partial charge is 0.483 e. The highest BCUT2D eigenvalue weighted by molar-refractivity contribution is 14.1. The lowest BCUT2D eigenvalue weighted by atomic mass is 9.90. The maximum absolute atomic E-state index is 12.0. The molecule has 0 radical (unpaired) electrons. The van der Waals surface area contributed by atoms with Gasteiger partial charge in [0, 0.05) is 3.57 Å². The van der Waals surface area contributed by atoms with Crippen molar-refractivity contribution in [2.24, 2.45) is 0 Å². The first kappa shape index (κ1) is 17.8. The molecule has 7 heteroatoms. The van der Waals surface area contributed by atoms with Crippen molar-refractivity contribution < 1.29 is 24.2 Å². The third kappa shape index (κ3) is 4.98. The van der Waals surface area contributed by atoms with E-state index >= 15 is 0 Å². The van der Waals surface area contributed by atoms with E-state index in [0.29, 0.717) is 5.75 Å². The van der Waals surface area contributed by atoms with Crippen LogP contribution in [0.15, 0.2) is 24.3 Å². The van der Waals surface area contributed by atoms with Crippen molar-refractivity contribution in [3.63, 3.8) is 0 Å². The molecule has 1 aromatic carbocycles. The van der Waals surface area contributed by atoms with Crippen molar-refractivity contribution in [1.82, 2.24) is 4.90 Å². The lowest BCUT2D eigenvalue weighted by Gasteiger charge is -2.48. The van der Waals surface area contributed by atoms with Crippen LogP contribution >= 0.6 is 22.6 Å². The van der Waals surface area contributed by atoms with Crippen LogP contribution < -0.4 is 4.74 Å². The lowest BCUT2D eigenvalue weighted by Crippen LogP contribution is -2.67. The molecule has 126 valence electrons. The number of nitrogens with zero attached hydrogens (tertiary/aromatic N) is 1. The third-order valence-electron chi connectivity index (χ3n) is 3.23. The Morgan fingerprint density at radius 2 is 1.83 bits per heavy atom. The van der Waals surface area contributed by atoms with Gasteiger partial charge in [-0.05, 0) is 67.6 Å². The molecule has 2 rings (SSSR count). The van der Waals surface area contributed by atoms with Crippen LogP contribution in [0.2, 0.25) is 0 Å². The van der Waals surface area contributed by atoms with Gasteiger partial charge in [-0.15, -0.1) is 0 Å². The Hall–Kier alpha value is -1.51. The van der Waals surface area contributed by atoms with Crippen LogP contribution in [0.5, 0.6) is 5.75 Å². The van der Waals surface area contributed by atoms with Gasteiger partial charge in [-0.25, -0.2) is 4.79 Å². The molecule has 23 heavy (non-hydrogen) atoms. The monoisotopic (exact) mass is 433 g/mol. The number of ether oxygens (including phenoxy) is 2. The predicted molar refractivity (Wildman–Crippen MR) is 92.6 cm³/mol. The summed E-state index contributed by atoms with van der Waals surface area (Å²) in [6.07, 6.45) is -0.622. The van der Waals surface area contributed by atoms with E-state index in [1.807, 2.05) is 12.1 Å². The third-order valence-corrected chi connectivity index (χ3v) is 3.95. The summed E-state index contributed by atoms with van der Waals surface area (Å²) in [5.74, 6) is -0.366. The summed E-state index contributed by atoms with van der Waals surface area (Å²) in [6, 6.07) is 7.35. The fourth-order valence-electron chi connectivity index (χ4n) is 2.35. The number of halogens is 1. The zero-order valence-electron chi connectivity index (χ0n) is 13.3. The Bertz CT molecular complexity index is 587. The molecule has 0 bridgehead atoms. The predicted octanol–water partition coefficient (Wildman–Crippen LogP) is 3.13. The molecule has 1 aliphatic rings. The first-order valence-corrected chi connectivity index (χ1v) is 8.31. The second kappa shape index (κ2) is 6.54. The maximum atomic E-state index is 12.0. The fraction of sp³-hybridized carbons (Fsp3) is 0.500. The van der Waals surface area contributed by atoms with E-state index in [1.54, 1.807) is 32.9 Å². The summed E-state index contributed by atoms with van der Waals surface area (Å²) < 4.78 is 12.2. The summed E-state index contributed by atoms with van der Waals surface area (Å²) in [6.45, 7) is 5.76. The molecule has 1 amide bonds. The molecule has 0 atom stereocenters. The smallest absolute Gasteiger partial charge is 0.410 e. The second-order valence-corrected chi connectivity index (χ2v) is 7.89. The van der Waals surface area contributed by atoms with Crippen LogP contribution in [-0.2, 0) is 9.53 Å². The van der Waals surface area contributed by atoms with Crippen molar-refractivity contribution in [2.45, 2.75) is 38.4 Å². The Balaban J connectivity index is 2.04. The van der Waals surface area contributed by atoms with E-state index in [0.717, 1.165) is 3.57 Å². The molecular formula is C16H20INO5. The van der Waals surface area contributed by atoms with E-state index in [-0.39, 0.29) is 19.5 Å². The van der Waals surface area contributed by atoms with Gasteiger partial charge in [0.2, 0.25) is 0 Å². The quantitative estimate of drug-likeness (QED) is 0.739. The van der Waals surface area contributed by atoms with E-state index in [9.17, 15) is 9.59 Å². The van der Waals surface area contributed by atoms with Gasteiger partial charge in [-0.3, -0.25) is 9.69 Å². The zero-order valence-corrected chi connectivity index (χ0v) is 15.5. The molecule has 6 nitrogen and oxygen atoms in total. The van der Waals surface area contributed by atoms with E-state index < -0.39 is 23.3 Å². The molecule has 0 spiro atoms. The minimum Gasteiger partial charge on any atom is -0.483 e. The standard InChI is InChI=1S/C16H20INO5/c1-15(2,3)23-14(21)18-9-16(10-18,8-13(19)20)22-12-6-4-11(17)5-7-12/h4-7H,8-10H2,1-3H3,(H,19,20). The van der Waals surface area contributed by atoms with Crippen molar-refractivity contribution in [1.29, 1.82) is 0 Å². The summed E-state index contributed by atoms with van der Waals surface area (Å²) in [7, 11) is 0. The van der Waals surface area contributed by atoms with E-state index in [1.165, 1.54) is 4.90 Å². The highest BCUT2D eigenvalue weighted by Gasteiger charge is 2.50. The van der Waals surface area contributed by atoms with E-state index in [4.69, 9.17) is 14.6 Å². The summed E-state index contributed by atoms with van der Waals surface area (Å²) >= 11 is 2.18. The fourth-order valence-corrected chi connectivity index (χ4v) is 2.71. The average Bonchev–Trinajstić information content (AvgIpc) is 2.35. The van der Waals surface area contributed by atoms with Crippen LogP contribution in [0.25, 0.3) is 0 Å². The number of carbonyl (C=O) groups is 2. The number of carbonyl (C=O) groups excluding carboxylic acids is 1. The Morgan fingerprint density at radius 3 is 2.30 bits per heavy atom. The van der Waals surface area contributed by atoms with Gasteiger partial charge in [0.1, 0.15) is 11.4 Å². The second-order valence-electron chi connectivity index (χ2n) is 6.65. The number of hydrogen-bond donors (Lipinski definition) is 1. The molecule has 1 saturated heterocycles. The lowest BCUT2D eigenvalue weighted by molar-refractivity contribution is -0.148. The Labute approximate surface area is 148 Å². The minimum absolute atomic E-state index is 0.168. The normalized spacial score (nSPS) is 16.4. The molecular weight excluding hydrogens is 413 g/mol. The topological polar surface area (TPSA) is 76.1 Å². The van der Waals surface area contributed by atoms with Crippen LogP contribution in [0, 0.1) is 3.57 Å². The number of likely N-dealkylation sites (tertiary alicyclic amines) is 1. The number of hydrogen-bond acceptors (Lipinski definition) is 4. The summed E-state index contributed by atoms with van der Waals surface area (Å²) in [5.41, 5.74) is -1.49. The van der Waals surface area contributed by atoms with Crippen LogP contribution in [0.1, 0.15) is 27.2 Å². The number of rotatable bonds is 4. The molecule has 1 aromatic rings. The van der Waals surface area contributed by atoms with Crippen molar-refractivity contribution >= 4 is 34.7 Å². The van der Waals surface area contributed by atoms with Gasteiger partial charge >= 0.3 is 12.1 Å². The number of aliphatic carboxylic acids is 1. The van der Waals surface area contributed by atoms with Gasteiger partial charge in [0.05, 0.1) is 19.5 Å². The van der Waals surface area contributed by atoms with Gasteiger partial charge < -0.3 is 14.6 Å². The molecule has 0 aliphatic carbocycles. The number of carboxylic acids is 1. The highest BCUT2D eigenvalue weighted by Crippen LogP contribution is 2.32. The average molecular weight is 433 g/mol. The van der Waals surface area contributed by atoms with Crippen LogP contribution in [0.3, 0.4) is 0 Å². The Kier molecular flexibility index (Phi) is 5.07. The van der Waals surface area contributed by atoms with Gasteiger partial charge in [-0.2, -0.15) is 0 Å². The van der Waals surface area contributed by atoms with Crippen molar-refractivity contribution in [3.05, 3.63) is 27.8 Å².